The maximum Gasteiger partial charge on any atom is 0.125 e. The molecule has 0 saturated heterocycles. The van der Waals surface area contributed by atoms with Crippen molar-refractivity contribution in [2.75, 3.05) is 6.54 Å². The zero-order valence-corrected chi connectivity index (χ0v) is 11.6. The Labute approximate surface area is 110 Å². The third kappa shape index (κ3) is 2.14. The third-order valence-electron chi connectivity index (χ3n) is 4.37. The zero-order valence-electron chi connectivity index (χ0n) is 11.6. The van der Waals surface area contributed by atoms with E-state index in [-0.39, 0.29) is 5.60 Å². The lowest BCUT2D eigenvalue weighted by Crippen LogP contribution is -2.40. The Morgan fingerprint density at radius 2 is 2.06 bits per heavy atom. The second-order valence-corrected chi connectivity index (χ2v) is 6.40. The predicted octanol–water partition coefficient (Wildman–Crippen LogP) is 3.53. The van der Waals surface area contributed by atoms with Crippen LogP contribution in [0.2, 0.25) is 0 Å². The first-order valence-corrected chi connectivity index (χ1v) is 7.09. The number of ether oxygens (including phenoxy) is 1. The fourth-order valence-electron chi connectivity index (χ4n) is 3.02. The molecule has 2 heteroatoms. The highest BCUT2D eigenvalue weighted by atomic mass is 16.5. The number of hydrogen-bond donors (Lipinski definition) is 1. The smallest absolute Gasteiger partial charge is 0.125 e. The minimum Gasteiger partial charge on any atom is -0.486 e. The summed E-state index contributed by atoms with van der Waals surface area (Å²) in [5, 5.41) is 3.72. The average Bonchev–Trinajstić information content (AvgIpc) is 3.11. The molecule has 2 aliphatic rings. The van der Waals surface area contributed by atoms with Crippen LogP contribution in [-0.4, -0.2) is 12.1 Å². The van der Waals surface area contributed by atoms with E-state index >= 15 is 0 Å². The predicted molar refractivity (Wildman–Crippen MR) is 73.8 cm³/mol. The summed E-state index contributed by atoms with van der Waals surface area (Å²) in [6.07, 6.45) is 2.84. The summed E-state index contributed by atoms with van der Waals surface area (Å²) in [5.74, 6) is 2.78. The number of hydrogen-bond acceptors (Lipinski definition) is 2. The van der Waals surface area contributed by atoms with E-state index < -0.39 is 0 Å². The number of nitrogens with one attached hydrogen (secondary N) is 1. The van der Waals surface area contributed by atoms with E-state index in [1.165, 1.54) is 18.4 Å². The molecule has 0 amide bonds. The Morgan fingerprint density at radius 1 is 1.33 bits per heavy atom. The second kappa shape index (κ2) is 4.27. The first kappa shape index (κ1) is 12.0. The summed E-state index contributed by atoms with van der Waals surface area (Å²) in [6, 6.07) is 8.72. The van der Waals surface area contributed by atoms with Crippen molar-refractivity contribution in [2.45, 2.75) is 45.3 Å². The molecular weight excluding hydrogens is 222 g/mol. The molecule has 18 heavy (non-hydrogen) atoms. The largest absolute Gasteiger partial charge is 0.486 e. The number of para-hydroxylation sites is 1. The van der Waals surface area contributed by atoms with Crippen LogP contribution in [-0.2, 0) is 0 Å². The molecule has 0 spiro atoms. The van der Waals surface area contributed by atoms with Crippen molar-refractivity contribution in [3.63, 3.8) is 0 Å². The van der Waals surface area contributed by atoms with Crippen molar-refractivity contribution in [1.29, 1.82) is 0 Å². The van der Waals surface area contributed by atoms with Crippen LogP contribution in [0.25, 0.3) is 0 Å². The van der Waals surface area contributed by atoms with E-state index in [0.29, 0.717) is 6.04 Å². The van der Waals surface area contributed by atoms with E-state index in [1.807, 2.05) is 6.07 Å². The lowest BCUT2D eigenvalue weighted by Gasteiger charge is -2.28. The van der Waals surface area contributed by atoms with Crippen molar-refractivity contribution >= 4 is 0 Å². The molecule has 1 fully saturated rings. The van der Waals surface area contributed by atoms with Gasteiger partial charge >= 0.3 is 0 Å². The van der Waals surface area contributed by atoms with E-state index in [1.54, 1.807) is 0 Å². The van der Waals surface area contributed by atoms with Gasteiger partial charge in [-0.05, 0) is 51.1 Å². The summed E-state index contributed by atoms with van der Waals surface area (Å²) < 4.78 is 6.05. The molecule has 2 unspecified atom stereocenters. The number of rotatable bonds is 4. The molecule has 1 aliphatic heterocycles. The highest BCUT2D eigenvalue weighted by Gasteiger charge is 2.41. The molecule has 0 bridgehead atoms. The first-order chi connectivity index (χ1) is 8.58. The maximum absolute atomic E-state index is 6.05. The van der Waals surface area contributed by atoms with E-state index in [9.17, 15) is 0 Å². The van der Waals surface area contributed by atoms with Crippen LogP contribution in [0.15, 0.2) is 24.3 Å². The number of fused-ring (bicyclic) bond motifs is 1. The first-order valence-electron chi connectivity index (χ1n) is 7.09. The quantitative estimate of drug-likeness (QED) is 0.876. The molecule has 1 aromatic carbocycles. The highest BCUT2D eigenvalue weighted by molar-refractivity contribution is 5.42. The van der Waals surface area contributed by atoms with Gasteiger partial charge in [-0.1, -0.05) is 25.1 Å². The standard InChI is InChI=1S/C16H23NO/c1-11(12-8-9-12)10-17-15-13-6-4-5-7-14(13)18-16(15,2)3/h4-7,11-12,15,17H,8-10H2,1-3H3. The Hall–Kier alpha value is -1.02. The lowest BCUT2D eigenvalue weighted by molar-refractivity contribution is 0.0944. The fourth-order valence-corrected chi connectivity index (χ4v) is 3.02. The van der Waals surface area contributed by atoms with Crippen LogP contribution in [0.1, 0.15) is 45.2 Å². The summed E-state index contributed by atoms with van der Waals surface area (Å²) in [6.45, 7) is 7.80. The molecule has 2 atom stereocenters. The monoisotopic (exact) mass is 245 g/mol. The Morgan fingerprint density at radius 3 is 2.78 bits per heavy atom. The van der Waals surface area contributed by atoms with Gasteiger partial charge in [0.1, 0.15) is 11.4 Å². The Balaban J connectivity index is 1.73. The van der Waals surface area contributed by atoms with Gasteiger partial charge in [0.25, 0.3) is 0 Å². The fraction of sp³-hybridized carbons (Fsp3) is 0.625. The molecule has 0 radical (unpaired) electrons. The summed E-state index contributed by atoms with van der Waals surface area (Å²) >= 11 is 0. The van der Waals surface area contributed by atoms with Gasteiger partial charge in [0.2, 0.25) is 0 Å². The number of benzene rings is 1. The van der Waals surface area contributed by atoms with Gasteiger partial charge in [-0.3, -0.25) is 0 Å². The van der Waals surface area contributed by atoms with Crippen LogP contribution in [0.4, 0.5) is 0 Å². The van der Waals surface area contributed by atoms with E-state index in [2.05, 4.69) is 44.3 Å². The maximum atomic E-state index is 6.05. The van der Waals surface area contributed by atoms with Gasteiger partial charge in [0, 0.05) is 5.56 Å². The normalized spacial score (nSPS) is 26.5. The van der Waals surface area contributed by atoms with Crippen molar-refractivity contribution in [2.24, 2.45) is 11.8 Å². The average molecular weight is 245 g/mol. The van der Waals surface area contributed by atoms with Crippen molar-refractivity contribution < 1.29 is 4.74 Å². The topological polar surface area (TPSA) is 21.3 Å². The molecule has 0 aromatic heterocycles. The minimum atomic E-state index is -0.146. The Kier molecular flexibility index (Phi) is 2.86. The van der Waals surface area contributed by atoms with Crippen LogP contribution < -0.4 is 10.1 Å². The van der Waals surface area contributed by atoms with Gasteiger partial charge in [-0.2, -0.15) is 0 Å². The summed E-state index contributed by atoms with van der Waals surface area (Å²) in [4.78, 5) is 0. The molecule has 98 valence electrons. The van der Waals surface area contributed by atoms with Crippen LogP contribution >= 0.6 is 0 Å². The van der Waals surface area contributed by atoms with Crippen LogP contribution in [0.5, 0.6) is 5.75 Å². The van der Waals surface area contributed by atoms with Crippen molar-refractivity contribution in [3.05, 3.63) is 29.8 Å². The lowest BCUT2D eigenvalue weighted by atomic mass is 9.93. The molecule has 1 saturated carbocycles. The minimum absolute atomic E-state index is 0.146. The molecule has 1 aromatic rings. The van der Waals surface area contributed by atoms with Crippen LogP contribution in [0.3, 0.4) is 0 Å². The summed E-state index contributed by atoms with van der Waals surface area (Å²) in [5.41, 5.74) is 1.16. The second-order valence-electron chi connectivity index (χ2n) is 6.40. The molecule has 2 nitrogen and oxygen atoms in total. The molecular formula is C16H23NO. The van der Waals surface area contributed by atoms with Crippen LogP contribution in [0, 0.1) is 11.8 Å². The molecule has 3 rings (SSSR count). The molecule has 1 aliphatic carbocycles. The zero-order chi connectivity index (χ0) is 12.8. The molecule has 1 heterocycles. The van der Waals surface area contributed by atoms with Crippen molar-refractivity contribution in [1.82, 2.24) is 5.32 Å². The highest BCUT2D eigenvalue weighted by Crippen LogP contribution is 2.43. The Bertz CT molecular complexity index is 436. The van der Waals surface area contributed by atoms with Crippen molar-refractivity contribution in [3.8, 4) is 5.75 Å². The van der Waals surface area contributed by atoms with Gasteiger partial charge in [-0.15, -0.1) is 0 Å². The van der Waals surface area contributed by atoms with Gasteiger partial charge in [-0.25, -0.2) is 0 Å². The van der Waals surface area contributed by atoms with E-state index in [0.717, 1.165) is 24.1 Å². The molecule has 1 N–H and O–H groups in total. The summed E-state index contributed by atoms with van der Waals surface area (Å²) in [7, 11) is 0. The van der Waals surface area contributed by atoms with Gasteiger partial charge in [0.15, 0.2) is 0 Å². The SMILES string of the molecule is CC(CNC1c2ccccc2OC1(C)C)C1CC1. The van der Waals surface area contributed by atoms with Gasteiger partial charge < -0.3 is 10.1 Å². The van der Waals surface area contributed by atoms with E-state index in [4.69, 9.17) is 4.74 Å². The van der Waals surface area contributed by atoms with Gasteiger partial charge in [0.05, 0.1) is 6.04 Å². The third-order valence-corrected chi connectivity index (χ3v) is 4.37.